The molecule has 1 fully saturated rings. The monoisotopic (exact) mass is 481 g/mol. The average Bonchev–Trinajstić information content (AvgIpc) is 3.48. The summed E-state index contributed by atoms with van der Waals surface area (Å²) in [5.74, 6) is 0.810. The molecule has 5 heterocycles. The van der Waals surface area contributed by atoms with Crippen LogP contribution >= 0.6 is 0 Å². The average molecular weight is 482 g/mol. The number of pyridine rings is 2. The molecule has 1 atom stereocenters. The van der Waals surface area contributed by atoms with Crippen LogP contribution in [-0.2, 0) is 4.74 Å². The van der Waals surface area contributed by atoms with Gasteiger partial charge in [0, 0.05) is 56.5 Å². The minimum atomic E-state index is -0.278. The molecular weight excluding hydrogens is 449 g/mol. The lowest BCUT2D eigenvalue weighted by molar-refractivity contribution is 0.135. The third kappa shape index (κ3) is 4.10. The number of anilines is 1. The maximum atomic E-state index is 16.2. The molecule has 10 heteroatoms. The van der Waals surface area contributed by atoms with Crippen LogP contribution in [0.4, 0.5) is 10.2 Å². The standard InChI is InChI=1S/C25H32FN7O2/c1-15(2)20-21-18(30-23(20)17-10-19(35-5)24-28-14-29-33(24)13-17)11-27-25(22(21)26)32-7-6-31(8-9-34-4)12-16(32)3/h10-11,13-16,30H,6-9,12H2,1-5H3/t16-/m1/s1. The van der Waals surface area contributed by atoms with E-state index in [-0.39, 0.29) is 17.8 Å². The van der Waals surface area contributed by atoms with Gasteiger partial charge in [-0.05, 0) is 24.5 Å². The summed E-state index contributed by atoms with van der Waals surface area (Å²) < 4.78 is 28.7. The fourth-order valence-electron chi connectivity index (χ4n) is 5.12. The maximum Gasteiger partial charge on any atom is 0.197 e. The van der Waals surface area contributed by atoms with Gasteiger partial charge in [-0.3, -0.25) is 4.90 Å². The second kappa shape index (κ2) is 9.43. The van der Waals surface area contributed by atoms with Gasteiger partial charge in [-0.25, -0.2) is 18.9 Å². The summed E-state index contributed by atoms with van der Waals surface area (Å²) in [5, 5.41) is 4.86. The third-order valence-electron chi connectivity index (χ3n) is 6.82. The van der Waals surface area contributed by atoms with Crippen LogP contribution in [0.25, 0.3) is 27.8 Å². The predicted octanol–water partition coefficient (Wildman–Crippen LogP) is 3.70. The van der Waals surface area contributed by atoms with Crippen LogP contribution in [0, 0.1) is 5.82 Å². The molecule has 4 aromatic heterocycles. The smallest absolute Gasteiger partial charge is 0.197 e. The van der Waals surface area contributed by atoms with Gasteiger partial charge in [0.2, 0.25) is 0 Å². The van der Waals surface area contributed by atoms with E-state index >= 15 is 4.39 Å². The molecule has 1 saturated heterocycles. The number of halogens is 1. The number of piperazine rings is 1. The van der Waals surface area contributed by atoms with Gasteiger partial charge in [0.1, 0.15) is 6.33 Å². The summed E-state index contributed by atoms with van der Waals surface area (Å²) in [6.07, 6.45) is 5.12. The van der Waals surface area contributed by atoms with E-state index in [1.807, 2.05) is 12.3 Å². The Balaban J connectivity index is 1.58. The van der Waals surface area contributed by atoms with Crippen LogP contribution in [0.5, 0.6) is 5.75 Å². The number of aromatic nitrogens is 5. The number of hydrogen-bond acceptors (Lipinski definition) is 7. The number of ether oxygens (including phenoxy) is 2. The number of aromatic amines is 1. The number of methoxy groups -OCH3 is 2. The lowest BCUT2D eigenvalue weighted by Gasteiger charge is -2.40. The van der Waals surface area contributed by atoms with E-state index < -0.39 is 0 Å². The minimum Gasteiger partial charge on any atom is -0.493 e. The van der Waals surface area contributed by atoms with Crippen molar-refractivity contribution in [3.05, 3.63) is 36.2 Å². The second-order valence-electron chi connectivity index (χ2n) is 9.41. The van der Waals surface area contributed by atoms with Crippen molar-refractivity contribution in [3.63, 3.8) is 0 Å². The van der Waals surface area contributed by atoms with E-state index in [4.69, 9.17) is 9.47 Å². The van der Waals surface area contributed by atoms with Crippen LogP contribution < -0.4 is 9.64 Å². The van der Waals surface area contributed by atoms with Gasteiger partial charge in [0.15, 0.2) is 23.0 Å². The van der Waals surface area contributed by atoms with Gasteiger partial charge in [-0.15, -0.1) is 0 Å². The normalized spacial score (nSPS) is 17.2. The first-order valence-electron chi connectivity index (χ1n) is 12.0. The molecule has 0 unspecified atom stereocenters. The molecule has 0 spiro atoms. The maximum absolute atomic E-state index is 16.2. The first-order chi connectivity index (χ1) is 16.9. The van der Waals surface area contributed by atoms with Crippen molar-refractivity contribution in [1.29, 1.82) is 0 Å². The molecule has 0 saturated carbocycles. The van der Waals surface area contributed by atoms with Gasteiger partial charge in [0.05, 0.1) is 31.1 Å². The highest BCUT2D eigenvalue weighted by atomic mass is 19.1. The van der Waals surface area contributed by atoms with E-state index in [1.54, 1.807) is 24.9 Å². The molecular formula is C25H32FN7O2. The Kier molecular flexibility index (Phi) is 6.33. The summed E-state index contributed by atoms with van der Waals surface area (Å²) in [7, 11) is 3.32. The van der Waals surface area contributed by atoms with Crippen molar-refractivity contribution >= 4 is 22.4 Å². The van der Waals surface area contributed by atoms with Gasteiger partial charge in [-0.2, -0.15) is 5.10 Å². The lowest BCUT2D eigenvalue weighted by Crippen LogP contribution is -2.53. The predicted molar refractivity (Wildman–Crippen MR) is 134 cm³/mol. The molecule has 35 heavy (non-hydrogen) atoms. The highest BCUT2D eigenvalue weighted by Crippen LogP contribution is 2.40. The summed E-state index contributed by atoms with van der Waals surface area (Å²) in [6.45, 7) is 10.3. The molecule has 186 valence electrons. The molecule has 1 N–H and O–H groups in total. The molecule has 9 nitrogen and oxygen atoms in total. The first-order valence-corrected chi connectivity index (χ1v) is 12.0. The lowest BCUT2D eigenvalue weighted by atomic mass is 9.96. The molecule has 0 amide bonds. The summed E-state index contributed by atoms with van der Waals surface area (Å²) in [5.41, 5.74) is 3.90. The van der Waals surface area contributed by atoms with Crippen LogP contribution in [0.15, 0.2) is 24.8 Å². The van der Waals surface area contributed by atoms with Gasteiger partial charge >= 0.3 is 0 Å². The Morgan fingerprint density at radius 1 is 1.23 bits per heavy atom. The zero-order valence-electron chi connectivity index (χ0n) is 20.9. The molecule has 0 aliphatic carbocycles. The topological polar surface area (TPSA) is 83.8 Å². The van der Waals surface area contributed by atoms with Crippen LogP contribution in [-0.4, -0.2) is 82.5 Å². The molecule has 1 aliphatic heterocycles. The van der Waals surface area contributed by atoms with Crippen molar-refractivity contribution in [2.24, 2.45) is 0 Å². The van der Waals surface area contributed by atoms with E-state index in [0.717, 1.165) is 43.0 Å². The van der Waals surface area contributed by atoms with Crippen molar-refractivity contribution in [2.45, 2.75) is 32.7 Å². The molecule has 4 aromatic rings. The summed E-state index contributed by atoms with van der Waals surface area (Å²) >= 11 is 0. The molecule has 0 bridgehead atoms. The zero-order chi connectivity index (χ0) is 24.7. The summed E-state index contributed by atoms with van der Waals surface area (Å²) in [4.78, 5) is 16.7. The number of H-pyrrole nitrogens is 1. The number of rotatable bonds is 7. The fourth-order valence-corrected chi connectivity index (χ4v) is 5.12. The molecule has 5 rings (SSSR count). The Morgan fingerprint density at radius 2 is 2.06 bits per heavy atom. The number of fused-ring (bicyclic) bond motifs is 2. The highest BCUT2D eigenvalue weighted by molar-refractivity contribution is 5.93. The van der Waals surface area contributed by atoms with Crippen molar-refractivity contribution in [2.75, 3.05) is 51.9 Å². The Labute approximate surface area is 203 Å². The number of hydrogen-bond donors (Lipinski definition) is 1. The Morgan fingerprint density at radius 3 is 2.77 bits per heavy atom. The Bertz CT molecular complexity index is 1350. The van der Waals surface area contributed by atoms with Crippen molar-refractivity contribution in [1.82, 2.24) is 29.5 Å². The number of nitrogens with one attached hydrogen (secondary N) is 1. The van der Waals surface area contributed by atoms with Gasteiger partial charge in [-0.1, -0.05) is 13.8 Å². The largest absolute Gasteiger partial charge is 0.493 e. The second-order valence-corrected chi connectivity index (χ2v) is 9.41. The number of nitrogens with zero attached hydrogens (tertiary/aromatic N) is 6. The SMILES string of the molecule is COCCN1CCN(c2ncc3[nH]c(-c4cc(OC)c5ncnn5c4)c(C(C)C)c3c2F)[C@H](C)C1. The molecule has 0 radical (unpaired) electrons. The highest BCUT2D eigenvalue weighted by Gasteiger charge is 2.29. The third-order valence-corrected chi connectivity index (χ3v) is 6.82. The van der Waals surface area contributed by atoms with Gasteiger partial charge < -0.3 is 19.4 Å². The molecule has 0 aromatic carbocycles. The Hall–Kier alpha value is -3.24. The fraction of sp³-hybridized carbons (Fsp3) is 0.480. The van der Waals surface area contributed by atoms with Crippen LogP contribution in [0.3, 0.4) is 0 Å². The van der Waals surface area contributed by atoms with Gasteiger partial charge in [0.25, 0.3) is 0 Å². The van der Waals surface area contributed by atoms with E-state index in [9.17, 15) is 0 Å². The molecule has 1 aliphatic rings. The first kappa shape index (κ1) is 23.5. The van der Waals surface area contributed by atoms with E-state index in [2.05, 4.69) is 50.6 Å². The summed E-state index contributed by atoms with van der Waals surface area (Å²) in [6, 6.07) is 2.05. The van der Waals surface area contributed by atoms with E-state index in [0.29, 0.717) is 34.7 Å². The van der Waals surface area contributed by atoms with Crippen molar-refractivity contribution in [3.8, 4) is 17.0 Å². The van der Waals surface area contributed by atoms with Crippen molar-refractivity contribution < 1.29 is 13.9 Å². The van der Waals surface area contributed by atoms with Crippen LogP contribution in [0.1, 0.15) is 32.3 Å². The quantitative estimate of drug-likeness (QED) is 0.431. The minimum absolute atomic E-state index is 0.0734. The zero-order valence-corrected chi connectivity index (χ0v) is 20.9. The van der Waals surface area contributed by atoms with E-state index in [1.165, 1.54) is 6.33 Å². The van der Waals surface area contributed by atoms with Crippen LogP contribution in [0.2, 0.25) is 0 Å².